The molecule has 0 unspecified atom stereocenters. The fraction of sp³-hybridized carbons (Fsp3) is 0.351. The number of aliphatic hydroxyl groups is 1. The van der Waals surface area contributed by atoms with Crippen molar-refractivity contribution in [3.63, 3.8) is 0 Å². The number of anilines is 1. The topological polar surface area (TPSA) is 360 Å². The number of amides is 6. The highest BCUT2D eigenvalue weighted by Crippen LogP contribution is 2.41. The van der Waals surface area contributed by atoms with Gasteiger partial charge in [-0.1, -0.05) is 44.2 Å². The minimum Gasteiger partial charge on any atom is -0.481 e. The maximum absolute atomic E-state index is 14.4. The number of ketones is 1. The molecule has 6 amide bonds. The van der Waals surface area contributed by atoms with Gasteiger partial charge in [-0.3, -0.25) is 38.9 Å². The van der Waals surface area contributed by atoms with Crippen LogP contribution in [0.1, 0.15) is 138 Å². The second kappa shape index (κ2) is 29.2. The van der Waals surface area contributed by atoms with E-state index in [4.69, 9.17) is 34.6 Å². The number of carbonyl (C=O) groups excluding carboxylic acids is 6. The van der Waals surface area contributed by atoms with Crippen molar-refractivity contribution in [2.45, 2.75) is 90.0 Å². The van der Waals surface area contributed by atoms with E-state index in [-0.39, 0.29) is 92.8 Å². The number of Topliss-reactive ketones (excluding diaryl/α,β-unsaturated/α-hetero) is 1. The zero-order valence-electron chi connectivity index (χ0n) is 47.9. The van der Waals surface area contributed by atoms with E-state index in [0.717, 1.165) is 22.7 Å². The number of aryl methyl sites for hydroxylation is 1. The first-order valence-electron chi connectivity index (χ1n) is 27.4. The monoisotopic (exact) mass is 1310 g/mol. The normalized spacial score (nSPS) is 16.1. The third-order valence-corrected chi connectivity index (χ3v) is 19.5. The third kappa shape index (κ3) is 15.7. The van der Waals surface area contributed by atoms with Crippen LogP contribution in [-0.4, -0.2) is 136 Å². The number of nitrogens with zero attached hydrogens (tertiary/aromatic N) is 8. The lowest BCUT2D eigenvalue weighted by molar-refractivity contribution is -0.138. The molecule has 8 N–H and O–H groups in total. The lowest BCUT2D eigenvalue weighted by Crippen LogP contribution is -2.40. The Kier molecular flexibility index (Phi) is 21.4. The Labute approximate surface area is 527 Å². The minimum atomic E-state index is -1.30. The quantitative estimate of drug-likeness (QED) is 0.0422. The molecule has 0 spiro atoms. The molecule has 0 aliphatic carbocycles. The summed E-state index contributed by atoms with van der Waals surface area (Å²) < 4.78 is 5.47. The number of carbonyl (C=O) groups is 8. The number of carboxylic acids is 2. The van der Waals surface area contributed by atoms with Crippen LogP contribution in [0.15, 0.2) is 64.0 Å². The summed E-state index contributed by atoms with van der Waals surface area (Å²) in [5, 5.41) is 53.1. The number of aliphatic carboxylic acids is 2. The molecule has 4 atom stereocenters. The van der Waals surface area contributed by atoms with Crippen LogP contribution in [0.3, 0.4) is 0 Å². The molecule has 10 bridgehead atoms. The summed E-state index contributed by atoms with van der Waals surface area (Å²) in [7, 11) is 2.94. The third-order valence-electron chi connectivity index (χ3n) is 13.8. The van der Waals surface area contributed by atoms with E-state index in [9.17, 15) is 53.7 Å². The Hall–Kier alpha value is -8.17. The highest BCUT2D eigenvalue weighted by molar-refractivity contribution is 7.15. The van der Waals surface area contributed by atoms with Gasteiger partial charge in [0.15, 0.2) is 5.78 Å². The second-order valence-electron chi connectivity index (χ2n) is 20.4. The number of hydrogen-bond donors (Lipinski definition) is 8. The highest BCUT2D eigenvalue weighted by atomic mass is 32.1. The summed E-state index contributed by atoms with van der Waals surface area (Å²) in [6, 6.07) is 9.45. The summed E-state index contributed by atoms with van der Waals surface area (Å²) >= 11 is 7.10. The Bertz CT molecular complexity index is 3850. The van der Waals surface area contributed by atoms with E-state index in [1.165, 1.54) is 64.4 Å². The van der Waals surface area contributed by atoms with Crippen LogP contribution in [0.25, 0.3) is 43.4 Å². The zero-order valence-corrected chi connectivity index (χ0v) is 52.8. The van der Waals surface area contributed by atoms with Crippen molar-refractivity contribution in [1.82, 2.24) is 61.1 Å². The average Bonchev–Trinajstić information content (AvgIpc) is 2.93. The summed E-state index contributed by atoms with van der Waals surface area (Å²) in [5.41, 5.74) is 2.55. The van der Waals surface area contributed by atoms with Crippen LogP contribution in [-0.2, 0) is 30.5 Å². The fourth-order valence-corrected chi connectivity index (χ4v) is 14.8. The summed E-state index contributed by atoms with van der Waals surface area (Å²) in [4.78, 5) is 142. The van der Waals surface area contributed by atoms with Gasteiger partial charge in [0.25, 0.3) is 11.8 Å². The smallest absolute Gasteiger partial charge is 0.323 e. The van der Waals surface area contributed by atoms with Crippen LogP contribution in [0, 0.1) is 12.8 Å². The van der Waals surface area contributed by atoms with Gasteiger partial charge in [0.2, 0.25) is 11.8 Å². The van der Waals surface area contributed by atoms with E-state index < -0.39 is 72.2 Å². The number of fused-ring (bicyclic) bond motifs is 14. The Morgan fingerprint density at radius 1 is 0.716 bits per heavy atom. The van der Waals surface area contributed by atoms with Gasteiger partial charge >= 0.3 is 18.0 Å². The number of ether oxygens (including phenoxy) is 1. The van der Waals surface area contributed by atoms with Crippen LogP contribution < -0.4 is 26.6 Å². The van der Waals surface area contributed by atoms with Crippen LogP contribution in [0.2, 0.25) is 0 Å². The highest BCUT2D eigenvalue weighted by Gasteiger charge is 2.33. The SMILES string of the molecule is CNC(=O)C[C@@H]1NC(=O)c2csc(n2)-c2ccc(-c3nc(NC(=O)N(CCCC(=O)O)CCCC(=O)O)cs3)nc2-c2csc(n2)-c2csc(n2)[C@H]([C@@H](O)c2ccccc2)NC(=O)CNC(=O)c2nc(sc2COC)[C@H](C(C)C)CC(=O)c2nc1sc2C. The Balaban J connectivity index is 1.10. The maximum Gasteiger partial charge on any atom is 0.323 e. The number of nitrogens with one attached hydrogen (secondary N) is 5. The second-order valence-corrected chi connectivity index (χ2v) is 26.2. The molecule has 31 heteroatoms. The molecule has 1 aliphatic heterocycles. The number of aliphatic hydroxyl groups excluding tert-OH is 1. The average molecular weight is 1310 g/mol. The molecule has 0 fully saturated rings. The standard InChI is InChI=1S/C57H59N13O12S6/c1-27(2)31-19-37(71)44-28(3)87-55(68-44)33(20-40(72)58-4)61-49(79)35-24-83-51(63-35)30-15-16-32(53-65-39(26-86-53)66-57(81)70(17-9-13-42(74)75)18-10-14-43(76)77)60-45(30)34-23-84-54(62-34)36-25-85-56(64-36)47(48(78)29-11-7-6-8-12-29)67-41(73)21-59-50(80)46-38(22-82-5)88-52(31)69-46/h6-8,11-12,15-16,23-27,31,33,47-48,78H,9-10,13-14,17-22H2,1-5H3,(H,58,72)(H,59,80)(H,61,79)(H,66,81)(H,67,73)(H,74,75)(H,76,77)/t31-,33-,47-,48-/m0/s1. The molecule has 0 saturated carbocycles. The number of carboxylic acid groups (broad SMARTS) is 2. The van der Waals surface area contributed by atoms with Crippen molar-refractivity contribution in [1.29, 1.82) is 0 Å². The van der Waals surface area contributed by atoms with Crippen molar-refractivity contribution < 1.29 is 58.4 Å². The van der Waals surface area contributed by atoms with Crippen LogP contribution in [0.5, 0.6) is 0 Å². The largest absolute Gasteiger partial charge is 0.481 e. The van der Waals surface area contributed by atoms with Crippen molar-refractivity contribution in [3.8, 4) is 43.4 Å². The molecular formula is C57H59N13O12S6. The van der Waals surface area contributed by atoms with E-state index in [0.29, 0.717) is 73.7 Å². The summed E-state index contributed by atoms with van der Waals surface area (Å²) in [6.07, 6.45) is -1.68. The Morgan fingerprint density at radius 3 is 2.09 bits per heavy atom. The number of thiazole rings is 6. The van der Waals surface area contributed by atoms with Gasteiger partial charge in [-0.15, -0.1) is 68.0 Å². The Morgan fingerprint density at radius 2 is 1.39 bits per heavy atom. The lowest BCUT2D eigenvalue weighted by atomic mass is 9.90. The first kappa shape index (κ1) is 64.3. The molecule has 7 aromatic heterocycles. The van der Waals surface area contributed by atoms with Crippen molar-refractivity contribution >= 4 is 121 Å². The first-order chi connectivity index (χ1) is 42.3. The molecule has 88 heavy (non-hydrogen) atoms. The van der Waals surface area contributed by atoms with Gasteiger partial charge in [0.1, 0.15) is 77.2 Å². The van der Waals surface area contributed by atoms with Crippen molar-refractivity contribution in [2.75, 3.05) is 39.1 Å². The van der Waals surface area contributed by atoms with Gasteiger partial charge in [-0.05, 0) is 43.4 Å². The number of pyridine rings is 1. The molecule has 8 heterocycles. The van der Waals surface area contributed by atoms with Gasteiger partial charge in [0.05, 0.1) is 41.2 Å². The molecular weight excluding hydrogens is 1250 g/mol. The van der Waals surface area contributed by atoms with Gasteiger partial charge in [0, 0.05) is 84.4 Å². The van der Waals surface area contributed by atoms with E-state index >= 15 is 0 Å². The molecule has 1 aromatic carbocycles. The molecule has 25 nitrogen and oxygen atoms in total. The number of aromatic nitrogens is 7. The van der Waals surface area contributed by atoms with Crippen LogP contribution in [0.4, 0.5) is 10.6 Å². The number of hydrogen-bond acceptors (Lipinski definition) is 23. The maximum atomic E-state index is 14.4. The van der Waals surface area contributed by atoms with Gasteiger partial charge in [-0.2, -0.15) is 0 Å². The van der Waals surface area contributed by atoms with E-state index in [2.05, 4.69) is 31.6 Å². The lowest BCUT2D eigenvalue weighted by Gasteiger charge is -2.23. The molecule has 460 valence electrons. The predicted molar refractivity (Wildman–Crippen MR) is 333 cm³/mol. The van der Waals surface area contributed by atoms with Gasteiger partial charge in [-0.25, -0.2) is 39.7 Å². The number of urea groups is 1. The zero-order chi connectivity index (χ0) is 62.8. The number of benzene rings is 1. The number of rotatable bonds is 17. The van der Waals surface area contributed by atoms with Gasteiger partial charge < -0.3 is 46.2 Å². The predicted octanol–water partition coefficient (Wildman–Crippen LogP) is 8.76. The molecule has 0 saturated heterocycles. The minimum absolute atomic E-state index is 0.00293. The van der Waals surface area contributed by atoms with E-state index in [1.807, 2.05) is 13.8 Å². The number of methoxy groups -OCH3 is 1. The molecule has 1 aliphatic rings. The van der Waals surface area contributed by atoms with Crippen LogP contribution >= 0.6 is 68.0 Å². The van der Waals surface area contributed by atoms with Crippen molar-refractivity contribution in [2.24, 2.45) is 5.92 Å². The first-order valence-corrected chi connectivity index (χ1v) is 32.6. The van der Waals surface area contributed by atoms with E-state index in [1.54, 1.807) is 70.9 Å². The summed E-state index contributed by atoms with van der Waals surface area (Å²) in [5.74, 6) is -5.23. The molecule has 9 rings (SSSR count). The molecule has 0 radical (unpaired) electrons. The molecule has 8 aromatic rings. The fourth-order valence-electron chi connectivity index (χ4n) is 9.24. The van der Waals surface area contributed by atoms with Crippen molar-refractivity contribution in [3.05, 3.63) is 111 Å². The summed E-state index contributed by atoms with van der Waals surface area (Å²) in [6.45, 7) is 5.21.